The number of hydrogen-bond donors (Lipinski definition) is 2. The van der Waals surface area contributed by atoms with Crippen molar-refractivity contribution < 1.29 is 28.2 Å². The van der Waals surface area contributed by atoms with Gasteiger partial charge in [-0.2, -0.15) is 0 Å². The number of carbonyl (C=O) groups is 3. The monoisotopic (exact) mass is 485 g/mol. The molecule has 0 saturated carbocycles. The van der Waals surface area contributed by atoms with E-state index in [0.717, 1.165) is 0 Å². The van der Waals surface area contributed by atoms with Gasteiger partial charge in [0.2, 0.25) is 5.91 Å². The molecule has 1 atom stereocenters. The lowest BCUT2D eigenvalue weighted by molar-refractivity contribution is -0.124. The van der Waals surface area contributed by atoms with Crippen LogP contribution in [-0.4, -0.2) is 69.1 Å². The fraction of sp³-hybridized carbons (Fsp3) is 0.423. The quantitative estimate of drug-likeness (QED) is 0.505. The van der Waals surface area contributed by atoms with Crippen LogP contribution < -0.4 is 15.4 Å². The van der Waals surface area contributed by atoms with Crippen LogP contribution >= 0.6 is 0 Å². The number of carbonyl (C=O) groups excluding carboxylic acids is 3. The van der Waals surface area contributed by atoms with Gasteiger partial charge in [-0.3, -0.25) is 14.4 Å². The summed E-state index contributed by atoms with van der Waals surface area (Å²) in [6, 6.07) is 11.8. The molecular weight excluding hydrogens is 453 g/mol. The van der Waals surface area contributed by atoms with Gasteiger partial charge in [0, 0.05) is 38.9 Å². The first-order valence-corrected chi connectivity index (χ1v) is 11.7. The van der Waals surface area contributed by atoms with E-state index >= 15 is 0 Å². The molecule has 8 nitrogen and oxygen atoms in total. The molecule has 1 aliphatic heterocycles. The van der Waals surface area contributed by atoms with Crippen LogP contribution in [-0.2, 0) is 9.53 Å². The van der Waals surface area contributed by atoms with Crippen molar-refractivity contribution in [3.63, 3.8) is 0 Å². The number of amides is 3. The van der Waals surface area contributed by atoms with Crippen LogP contribution in [0.15, 0.2) is 48.5 Å². The highest BCUT2D eigenvalue weighted by Gasteiger charge is 2.34. The Balaban J connectivity index is 1.68. The molecular formula is C26H32FN3O5. The minimum Gasteiger partial charge on any atom is -0.497 e. The predicted molar refractivity (Wildman–Crippen MR) is 129 cm³/mol. The van der Waals surface area contributed by atoms with Crippen molar-refractivity contribution in [2.45, 2.75) is 25.3 Å². The zero-order chi connectivity index (χ0) is 25.2. The highest BCUT2D eigenvalue weighted by atomic mass is 19.1. The summed E-state index contributed by atoms with van der Waals surface area (Å²) in [5.74, 6) is -1.34. The molecule has 0 aliphatic carbocycles. The lowest BCUT2D eigenvalue weighted by Crippen LogP contribution is -2.54. The first kappa shape index (κ1) is 26.2. The van der Waals surface area contributed by atoms with Crippen molar-refractivity contribution in [1.29, 1.82) is 0 Å². The third-order valence-electron chi connectivity index (χ3n) is 6.13. The summed E-state index contributed by atoms with van der Waals surface area (Å²) in [6.07, 6.45) is 1.66. The van der Waals surface area contributed by atoms with E-state index in [0.29, 0.717) is 56.8 Å². The number of likely N-dealkylation sites (tertiary alicyclic amines) is 1. The third kappa shape index (κ3) is 7.02. The normalized spacial score (nSPS) is 14.8. The number of halogens is 1. The molecule has 2 aromatic carbocycles. The molecule has 0 spiro atoms. The maximum absolute atomic E-state index is 14.1. The maximum Gasteiger partial charge on any atom is 0.254 e. The van der Waals surface area contributed by atoms with Crippen LogP contribution in [0, 0.1) is 11.7 Å². The van der Waals surface area contributed by atoms with E-state index in [2.05, 4.69) is 10.6 Å². The predicted octanol–water partition coefficient (Wildman–Crippen LogP) is 2.64. The molecule has 9 heteroatoms. The Hall–Kier alpha value is -3.46. The summed E-state index contributed by atoms with van der Waals surface area (Å²) in [5.41, 5.74) is 0.415. The number of hydrogen-bond acceptors (Lipinski definition) is 5. The van der Waals surface area contributed by atoms with Crippen molar-refractivity contribution in [2.75, 3.05) is 40.5 Å². The van der Waals surface area contributed by atoms with Gasteiger partial charge in [-0.15, -0.1) is 0 Å². The topological polar surface area (TPSA) is 97.0 Å². The van der Waals surface area contributed by atoms with E-state index in [1.807, 2.05) is 0 Å². The number of nitrogens with one attached hydrogen (secondary N) is 2. The molecule has 0 aromatic heterocycles. The third-order valence-corrected chi connectivity index (χ3v) is 6.13. The van der Waals surface area contributed by atoms with E-state index in [1.54, 1.807) is 49.5 Å². The van der Waals surface area contributed by atoms with Crippen LogP contribution in [0.3, 0.4) is 0 Å². The maximum atomic E-state index is 14.1. The molecule has 0 radical (unpaired) electrons. The Bertz CT molecular complexity index is 1020. The largest absolute Gasteiger partial charge is 0.497 e. The van der Waals surface area contributed by atoms with Gasteiger partial charge in [-0.1, -0.05) is 18.2 Å². The van der Waals surface area contributed by atoms with Gasteiger partial charge >= 0.3 is 0 Å². The highest BCUT2D eigenvalue weighted by Crippen LogP contribution is 2.24. The van der Waals surface area contributed by atoms with Crippen LogP contribution in [0.1, 0.15) is 40.0 Å². The molecule has 1 saturated heterocycles. The smallest absolute Gasteiger partial charge is 0.254 e. The Morgan fingerprint density at radius 3 is 2.51 bits per heavy atom. The van der Waals surface area contributed by atoms with Gasteiger partial charge in [-0.05, 0) is 55.5 Å². The number of benzene rings is 2. The molecule has 3 rings (SSSR count). The van der Waals surface area contributed by atoms with Gasteiger partial charge in [0.1, 0.15) is 17.6 Å². The molecule has 2 aromatic rings. The Kier molecular flexibility index (Phi) is 9.60. The van der Waals surface area contributed by atoms with Crippen molar-refractivity contribution >= 4 is 17.7 Å². The van der Waals surface area contributed by atoms with Crippen LogP contribution in [0.2, 0.25) is 0 Å². The fourth-order valence-electron chi connectivity index (χ4n) is 4.17. The lowest BCUT2D eigenvalue weighted by Gasteiger charge is -2.36. The average Bonchev–Trinajstić information content (AvgIpc) is 2.89. The van der Waals surface area contributed by atoms with E-state index in [4.69, 9.17) is 9.47 Å². The minimum absolute atomic E-state index is 0.113. The lowest BCUT2D eigenvalue weighted by atomic mass is 9.88. The van der Waals surface area contributed by atoms with E-state index in [1.165, 1.54) is 18.2 Å². The second kappa shape index (κ2) is 12.9. The molecule has 0 unspecified atom stereocenters. The second-order valence-corrected chi connectivity index (χ2v) is 8.43. The van der Waals surface area contributed by atoms with Crippen LogP contribution in [0.5, 0.6) is 5.75 Å². The highest BCUT2D eigenvalue weighted by molar-refractivity contribution is 5.98. The summed E-state index contributed by atoms with van der Waals surface area (Å²) < 4.78 is 24.4. The Morgan fingerprint density at radius 2 is 1.83 bits per heavy atom. The standard InChI is InChI=1S/C26H32FN3O5/c1-34-16-6-13-28-25(32)23(29-24(31)21-9-3-4-10-22(21)27)18-11-14-30(15-12-18)26(33)19-7-5-8-20(17-19)35-2/h3-5,7-10,17-18,23H,6,11-16H2,1-2H3,(H,28,32)(H,29,31)/t23-/m1/s1. The van der Waals surface area contributed by atoms with Crippen molar-refractivity contribution in [1.82, 2.24) is 15.5 Å². The van der Waals surface area contributed by atoms with Gasteiger partial charge in [0.05, 0.1) is 12.7 Å². The van der Waals surface area contributed by atoms with Gasteiger partial charge in [-0.25, -0.2) is 4.39 Å². The SMILES string of the molecule is COCCCNC(=O)[C@H](NC(=O)c1ccccc1F)C1CCN(C(=O)c2cccc(OC)c2)CC1. The molecule has 1 fully saturated rings. The number of ether oxygens (including phenoxy) is 2. The summed E-state index contributed by atoms with van der Waals surface area (Å²) in [6.45, 7) is 1.76. The zero-order valence-corrected chi connectivity index (χ0v) is 20.1. The molecule has 188 valence electrons. The molecule has 0 bridgehead atoms. The molecule has 35 heavy (non-hydrogen) atoms. The van der Waals surface area contributed by atoms with Crippen LogP contribution in [0.4, 0.5) is 4.39 Å². The van der Waals surface area contributed by atoms with Crippen molar-refractivity contribution in [3.8, 4) is 5.75 Å². The summed E-state index contributed by atoms with van der Waals surface area (Å²) in [4.78, 5) is 40.5. The molecule has 1 aliphatic rings. The molecule has 1 heterocycles. The first-order valence-electron chi connectivity index (χ1n) is 11.7. The number of methoxy groups -OCH3 is 2. The van der Waals surface area contributed by atoms with Gasteiger partial charge in [0.15, 0.2) is 0 Å². The zero-order valence-electron chi connectivity index (χ0n) is 20.1. The Morgan fingerprint density at radius 1 is 1.09 bits per heavy atom. The van der Waals surface area contributed by atoms with Crippen LogP contribution in [0.25, 0.3) is 0 Å². The summed E-state index contributed by atoms with van der Waals surface area (Å²) >= 11 is 0. The summed E-state index contributed by atoms with van der Waals surface area (Å²) in [7, 11) is 3.13. The number of rotatable bonds is 10. The Labute approximate surface area is 204 Å². The van der Waals surface area contributed by atoms with E-state index < -0.39 is 17.8 Å². The van der Waals surface area contributed by atoms with Crippen molar-refractivity contribution in [2.24, 2.45) is 5.92 Å². The molecule has 3 amide bonds. The van der Waals surface area contributed by atoms with E-state index in [9.17, 15) is 18.8 Å². The fourth-order valence-corrected chi connectivity index (χ4v) is 4.17. The number of nitrogens with zero attached hydrogens (tertiary/aromatic N) is 1. The number of piperidine rings is 1. The average molecular weight is 486 g/mol. The van der Waals surface area contributed by atoms with Gasteiger partial charge < -0.3 is 25.0 Å². The van der Waals surface area contributed by atoms with Crippen molar-refractivity contribution in [3.05, 3.63) is 65.5 Å². The van der Waals surface area contributed by atoms with Gasteiger partial charge in [0.25, 0.3) is 11.8 Å². The first-order chi connectivity index (χ1) is 16.9. The molecule has 2 N–H and O–H groups in total. The summed E-state index contributed by atoms with van der Waals surface area (Å²) in [5, 5.41) is 5.57. The second-order valence-electron chi connectivity index (χ2n) is 8.43. The minimum atomic E-state index is -0.848. The van der Waals surface area contributed by atoms with E-state index in [-0.39, 0.29) is 23.3 Å².